The van der Waals surface area contributed by atoms with Crippen molar-refractivity contribution in [2.75, 3.05) is 17.3 Å². The van der Waals surface area contributed by atoms with Crippen LogP contribution in [0.4, 0.5) is 11.4 Å². The zero-order chi connectivity index (χ0) is 23.0. The van der Waals surface area contributed by atoms with Gasteiger partial charge in [-0.15, -0.1) is 0 Å². The number of hydrogen-bond acceptors (Lipinski definition) is 4. The van der Waals surface area contributed by atoms with Crippen molar-refractivity contribution in [1.82, 2.24) is 0 Å². The highest BCUT2D eigenvalue weighted by atomic mass is 16.5. The summed E-state index contributed by atoms with van der Waals surface area (Å²) < 4.78 is 5.49. The summed E-state index contributed by atoms with van der Waals surface area (Å²) >= 11 is 0. The van der Waals surface area contributed by atoms with Crippen LogP contribution in [0.5, 0.6) is 5.75 Å². The van der Waals surface area contributed by atoms with Crippen molar-refractivity contribution in [1.29, 1.82) is 0 Å². The van der Waals surface area contributed by atoms with E-state index in [9.17, 15) is 9.59 Å². The SMILES string of the molecule is COc1ccc(C)cc1NC1=C(c2ccc(C)cc2C)C(=O)N(c2ccccc2C)C1=O. The minimum atomic E-state index is -0.386. The quantitative estimate of drug-likeness (QED) is 0.561. The van der Waals surface area contributed by atoms with Gasteiger partial charge in [0.15, 0.2) is 0 Å². The number of aryl methyl sites for hydroxylation is 4. The first-order chi connectivity index (χ1) is 15.3. The summed E-state index contributed by atoms with van der Waals surface area (Å²) in [5.74, 6) is -0.133. The van der Waals surface area contributed by atoms with Crippen molar-refractivity contribution in [3.63, 3.8) is 0 Å². The predicted molar refractivity (Wildman–Crippen MR) is 128 cm³/mol. The summed E-state index contributed by atoms with van der Waals surface area (Å²) in [5, 5.41) is 3.23. The van der Waals surface area contributed by atoms with E-state index >= 15 is 0 Å². The van der Waals surface area contributed by atoms with Gasteiger partial charge in [-0.1, -0.05) is 48.0 Å². The zero-order valence-corrected chi connectivity index (χ0v) is 18.9. The smallest absolute Gasteiger partial charge is 0.282 e. The molecule has 1 aliphatic rings. The number of methoxy groups -OCH3 is 1. The number of imide groups is 1. The summed E-state index contributed by atoms with van der Waals surface area (Å²) in [4.78, 5) is 28.6. The molecule has 1 N–H and O–H groups in total. The van der Waals surface area contributed by atoms with E-state index in [0.717, 1.165) is 27.8 Å². The van der Waals surface area contributed by atoms with Crippen LogP contribution in [0.25, 0.3) is 5.57 Å². The number of rotatable bonds is 5. The fourth-order valence-electron chi connectivity index (χ4n) is 4.08. The molecular weight excluding hydrogens is 400 g/mol. The number of carbonyl (C=O) groups excluding carboxylic acids is 2. The third kappa shape index (κ3) is 3.66. The average molecular weight is 427 g/mol. The second-order valence-corrected chi connectivity index (χ2v) is 8.13. The Morgan fingerprint density at radius 1 is 0.781 bits per heavy atom. The lowest BCUT2D eigenvalue weighted by atomic mass is 9.97. The molecule has 0 spiro atoms. The standard InChI is InChI=1S/C27H26N2O3/c1-16-10-12-20(19(4)14-16)24-25(28-21-15-17(2)11-13-23(21)32-5)27(31)29(26(24)30)22-9-7-6-8-18(22)3/h6-15,28H,1-5H3. The van der Waals surface area contributed by atoms with Gasteiger partial charge in [0.1, 0.15) is 11.4 Å². The minimum Gasteiger partial charge on any atom is -0.495 e. The van der Waals surface area contributed by atoms with E-state index in [0.29, 0.717) is 22.7 Å². The molecule has 0 fully saturated rings. The van der Waals surface area contributed by atoms with Crippen LogP contribution in [0.15, 0.2) is 66.4 Å². The fraction of sp³-hybridized carbons (Fsp3) is 0.185. The van der Waals surface area contributed by atoms with E-state index in [2.05, 4.69) is 5.32 Å². The highest BCUT2D eigenvalue weighted by molar-refractivity contribution is 6.46. The Morgan fingerprint density at radius 2 is 1.47 bits per heavy atom. The Labute approximate surface area is 188 Å². The molecule has 0 aromatic heterocycles. The number of para-hydroxylation sites is 1. The molecule has 1 aliphatic heterocycles. The average Bonchev–Trinajstić information content (AvgIpc) is 2.99. The van der Waals surface area contributed by atoms with Crippen LogP contribution < -0.4 is 15.0 Å². The van der Waals surface area contributed by atoms with Gasteiger partial charge < -0.3 is 10.1 Å². The van der Waals surface area contributed by atoms with Crippen molar-refractivity contribution in [2.24, 2.45) is 0 Å². The maximum atomic E-state index is 13.7. The number of amides is 2. The van der Waals surface area contributed by atoms with Gasteiger partial charge in [-0.3, -0.25) is 9.59 Å². The van der Waals surface area contributed by atoms with Crippen molar-refractivity contribution >= 4 is 28.8 Å². The van der Waals surface area contributed by atoms with Gasteiger partial charge in [0.2, 0.25) is 0 Å². The topological polar surface area (TPSA) is 58.6 Å². The summed E-state index contributed by atoms with van der Waals surface area (Å²) in [5.41, 5.74) is 6.44. The molecule has 1 heterocycles. The molecule has 2 amide bonds. The molecule has 0 atom stereocenters. The summed E-state index contributed by atoms with van der Waals surface area (Å²) in [6.07, 6.45) is 0. The Kier molecular flexibility index (Phi) is 5.57. The fourth-order valence-corrected chi connectivity index (χ4v) is 4.08. The van der Waals surface area contributed by atoms with Gasteiger partial charge in [0, 0.05) is 0 Å². The molecule has 3 aromatic carbocycles. The molecule has 0 saturated carbocycles. The number of anilines is 2. The first kappa shape index (κ1) is 21.4. The molecule has 5 nitrogen and oxygen atoms in total. The van der Waals surface area contributed by atoms with Gasteiger partial charge in [0.25, 0.3) is 11.8 Å². The van der Waals surface area contributed by atoms with E-state index in [4.69, 9.17) is 4.74 Å². The van der Waals surface area contributed by atoms with Crippen molar-refractivity contribution < 1.29 is 14.3 Å². The van der Waals surface area contributed by atoms with E-state index in [1.54, 1.807) is 13.2 Å². The van der Waals surface area contributed by atoms with Gasteiger partial charge in [-0.25, -0.2) is 4.90 Å². The molecule has 3 aromatic rings. The first-order valence-corrected chi connectivity index (χ1v) is 10.5. The lowest BCUT2D eigenvalue weighted by Gasteiger charge is -2.18. The predicted octanol–water partition coefficient (Wildman–Crippen LogP) is 5.33. The molecule has 5 heteroatoms. The number of carbonyl (C=O) groups is 2. The third-order valence-corrected chi connectivity index (χ3v) is 5.71. The summed E-state index contributed by atoms with van der Waals surface area (Å²) in [7, 11) is 1.58. The second-order valence-electron chi connectivity index (χ2n) is 8.13. The number of hydrogen-bond donors (Lipinski definition) is 1. The summed E-state index contributed by atoms with van der Waals surface area (Å²) in [6.45, 7) is 7.81. The summed E-state index contributed by atoms with van der Waals surface area (Å²) in [6, 6.07) is 19.0. The molecule has 4 rings (SSSR count). The third-order valence-electron chi connectivity index (χ3n) is 5.71. The molecule has 0 radical (unpaired) electrons. The molecule has 32 heavy (non-hydrogen) atoms. The van der Waals surface area contributed by atoms with Gasteiger partial charge >= 0.3 is 0 Å². The highest BCUT2D eigenvalue weighted by Gasteiger charge is 2.41. The minimum absolute atomic E-state index is 0.245. The largest absolute Gasteiger partial charge is 0.495 e. The molecule has 0 bridgehead atoms. The molecule has 0 aliphatic carbocycles. The lowest BCUT2D eigenvalue weighted by molar-refractivity contribution is -0.120. The first-order valence-electron chi connectivity index (χ1n) is 10.5. The molecule has 0 saturated heterocycles. The van der Waals surface area contributed by atoms with Crippen LogP contribution >= 0.6 is 0 Å². The molecule has 0 unspecified atom stereocenters. The lowest BCUT2D eigenvalue weighted by Crippen LogP contribution is -2.33. The number of benzene rings is 3. The van der Waals surface area contributed by atoms with Crippen molar-refractivity contribution in [2.45, 2.75) is 27.7 Å². The second kappa shape index (κ2) is 8.35. The van der Waals surface area contributed by atoms with E-state index in [1.807, 2.05) is 82.3 Å². The van der Waals surface area contributed by atoms with Crippen LogP contribution in [0, 0.1) is 27.7 Å². The van der Waals surface area contributed by atoms with Crippen LogP contribution in [0.1, 0.15) is 27.8 Å². The van der Waals surface area contributed by atoms with Gasteiger partial charge in [-0.05, 0) is 68.1 Å². The van der Waals surface area contributed by atoms with Crippen LogP contribution in [0.2, 0.25) is 0 Å². The number of nitrogens with zero attached hydrogens (tertiary/aromatic N) is 1. The maximum absolute atomic E-state index is 13.7. The van der Waals surface area contributed by atoms with Gasteiger partial charge in [-0.2, -0.15) is 0 Å². The number of nitrogens with one attached hydrogen (secondary N) is 1. The maximum Gasteiger partial charge on any atom is 0.282 e. The Balaban J connectivity index is 1.91. The normalized spacial score (nSPS) is 13.7. The Bertz CT molecular complexity index is 1270. The van der Waals surface area contributed by atoms with E-state index < -0.39 is 0 Å². The van der Waals surface area contributed by atoms with Crippen LogP contribution in [-0.2, 0) is 9.59 Å². The van der Waals surface area contributed by atoms with Crippen LogP contribution in [0.3, 0.4) is 0 Å². The monoisotopic (exact) mass is 426 g/mol. The Hall–Kier alpha value is -3.86. The van der Waals surface area contributed by atoms with Crippen molar-refractivity contribution in [3.05, 3.63) is 94.2 Å². The van der Waals surface area contributed by atoms with E-state index in [1.165, 1.54) is 4.90 Å². The molecule has 162 valence electrons. The molecular formula is C27H26N2O3. The Morgan fingerprint density at radius 3 is 2.16 bits per heavy atom. The number of ether oxygens (including phenoxy) is 1. The van der Waals surface area contributed by atoms with Crippen LogP contribution in [-0.4, -0.2) is 18.9 Å². The highest BCUT2D eigenvalue weighted by Crippen LogP contribution is 2.37. The van der Waals surface area contributed by atoms with Crippen molar-refractivity contribution in [3.8, 4) is 5.75 Å². The zero-order valence-electron chi connectivity index (χ0n) is 18.9. The van der Waals surface area contributed by atoms with E-state index in [-0.39, 0.29) is 17.5 Å². The van der Waals surface area contributed by atoms with Gasteiger partial charge in [0.05, 0.1) is 24.1 Å².